The highest BCUT2D eigenvalue weighted by Gasteiger charge is 2.25. The summed E-state index contributed by atoms with van der Waals surface area (Å²) in [6.45, 7) is 0. The molecule has 110 valence electrons. The van der Waals surface area contributed by atoms with Crippen molar-refractivity contribution in [1.29, 1.82) is 0 Å². The number of nitrogens with two attached hydrogens (primary N) is 1. The number of carbonyl (C=O) groups is 1. The van der Waals surface area contributed by atoms with Crippen molar-refractivity contribution >= 4 is 62.9 Å². The topological polar surface area (TPSA) is 64.3 Å². The van der Waals surface area contributed by atoms with Crippen LogP contribution >= 0.6 is 56.9 Å². The van der Waals surface area contributed by atoms with E-state index in [9.17, 15) is 4.79 Å². The van der Waals surface area contributed by atoms with Crippen LogP contribution in [0, 0.1) is 5.92 Å². The van der Waals surface area contributed by atoms with Crippen LogP contribution in [0.15, 0.2) is 11.1 Å². The van der Waals surface area contributed by atoms with Crippen LogP contribution < -0.4 is 11.1 Å². The summed E-state index contributed by atoms with van der Waals surface area (Å²) in [5.41, 5.74) is 7.35. The molecule has 0 aliphatic carbocycles. The average Bonchev–Trinajstić information content (AvgIpc) is 2.90. The molecule has 1 heterocycles. The first-order valence-electron chi connectivity index (χ1n) is 6.16. The van der Waals surface area contributed by atoms with Gasteiger partial charge < -0.3 is 15.8 Å². The molecule has 7 heteroatoms. The van der Waals surface area contributed by atoms with Crippen molar-refractivity contribution in [3.63, 3.8) is 0 Å². The van der Waals surface area contributed by atoms with Gasteiger partial charge in [-0.1, -0.05) is 45.2 Å². The van der Waals surface area contributed by atoms with Gasteiger partial charge in [0.25, 0.3) is 0 Å². The van der Waals surface area contributed by atoms with E-state index in [-0.39, 0.29) is 17.4 Å². The van der Waals surface area contributed by atoms with Gasteiger partial charge in [0.15, 0.2) is 0 Å². The van der Waals surface area contributed by atoms with Gasteiger partial charge in [-0.15, -0.1) is 11.8 Å². The number of hydrogen-bond acceptors (Lipinski definition) is 5. The third-order valence-corrected chi connectivity index (χ3v) is 6.61. The summed E-state index contributed by atoms with van der Waals surface area (Å²) in [6, 6.07) is 0.145. The van der Waals surface area contributed by atoms with E-state index >= 15 is 0 Å². The number of ether oxygens (including phenoxy) is 1. The Balaban J connectivity index is 2.31. The maximum atomic E-state index is 11.1. The van der Waals surface area contributed by atoms with Gasteiger partial charge in [-0.05, 0) is 24.2 Å². The van der Waals surface area contributed by atoms with Gasteiger partial charge in [0, 0.05) is 20.6 Å². The molecular weight excluding hydrogens is 490 g/mol. The second kappa shape index (κ2) is 9.67. The number of allylic oxidation sites excluding steroid dienone is 1. The Morgan fingerprint density at radius 1 is 1.58 bits per heavy atom. The van der Waals surface area contributed by atoms with E-state index in [1.807, 2.05) is 0 Å². The third-order valence-electron chi connectivity index (χ3n) is 2.94. The van der Waals surface area contributed by atoms with Crippen molar-refractivity contribution in [1.82, 2.24) is 5.32 Å². The molecule has 1 aliphatic heterocycles. The molecule has 0 saturated heterocycles. The molecule has 1 rings (SSSR count). The Morgan fingerprint density at radius 2 is 2.26 bits per heavy atom. The maximum absolute atomic E-state index is 11.1. The fourth-order valence-electron chi connectivity index (χ4n) is 1.76. The molecule has 1 aliphatic rings. The van der Waals surface area contributed by atoms with E-state index in [4.69, 9.17) is 5.73 Å². The van der Waals surface area contributed by atoms with Crippen molar-refractivity contribution in [2.24, 2.45) is 11.7 Å². The number of hydrogen-bond donors (Lipinski definition) is 2. The minimum Gasteiger partial charge on any atom is -0.469 e. The number of halogens is 2. The average molecular weight is 510 g/mol. The second-order valence-electron chi connectivity index (χ2n) is 4.49. The van der Waals surface area contributed by atoms with Crippen LogP contribution in [0.2, 0.25) is 0 Å². The predicted octanol–water partition coefficient (Wildman–Crippen LogP) is 2.65. The van der Waals surface area contributed by atoms with Crippen LogP contribution in [-0.4, -0.2) is 33.3 Å². The van der Waals surface area contributed by atoms with Gasteiger partial charge in [0.1, 0.15) is 0 Å². The molecule has 0 saturated carbocycles. The van der Waals surface area contributed by atoms with Gasteiger partial charge in [-0.2, -0.15) is 0 Å². The fraction of sp³-hybridized carbons (Fsp3) is 0.750. The molecule has 0 amide bonds. The van der Waals surface area contributed by atoms with Gasteiger partial charge in [-0.25, -0.2) is 0 Å². The summed E-state index contributed by atoms with van der Waals surface area (Å²) < 4.78 is 6.93. The molecule has 0 fully saturated rings. The molecule has 0 aromatic carbocycles. The molecule has 0 spiro atoms. The molecule has 0 aromatic rings. The standard InChI is InChI=1S/C12H20I2N2O2S/c1-18-11(17)3-2-9-7-19-12(16-9)10(15)4-8(5-13)6-14/h7-8,10,12,16H,2-6,15H2,1H3. The van der Waals surface area contributed by atoms with Crippen LogP contribution in [0.4, 0.5) is 0 Å². The zero-order chi connectivity index (χ0) is 14.3. The highest BCUT2D eigenvalue weighted by atomic mass is 127. The predicted molar refractivity (Wildman–Crippen MR) is 97.7 cm³/mol. The van der Waals surface area contributed by atoms with Crippen molar-refractivity contribution < 1.29 is 9.53 Å². The van der Waals surface area contributed by atoms with Crippen molar-refractivity contribution in [3.8, 4) is 0 Å². The Bertz CT molecular complexity index is 325. The molecule has 19 heavy (non-hydrogen) atoms. The summed E-state index contributed by atoms with van der Waals surface area (Å²) in [5, 5.41) is 5.73. The summed E-state index contributed by atoms with van der Waals surface area (Å²) >= 11 is 6.57. The summed E-state index contributed by atoms with van der Waals surface area (Å²) in [7, 11) is 1.42. The summed E-state index contributed by atoms with van der Waals surface area (Å²) in [5.74, 6) is 0.507. The molecule has 4 nitrogen and oxygen atoms in total. The minimum absolute atomic E-state index is 0.145. The number of esters is 1. The molecule has 0 radical (unpaired) electrons. The first-order chi connectivity index (χ1) is 9.10. The van der Waals surface area contributed by atoms with Gasteiger partial charge in [-0.3, -0.25) is 4.79 Å². The maximum Gasteiger partial charge on any atom is 0.305 e. The minimum atomic E-state index is -0.171. The van der Waals surface area contributed by atoms with Gasteiger partial charge in [0.05, 0.1) is 18.9 Å². The fourth-order valence-corrected chi connectivity index (χ4v) is 5.32. The monoisotopic (exact) mass is 510 g/mol. The normalized spacial score (nSPS) is 20.1. The number of thioether (sulfide) groups is 1. The van der Waals surface area contributed by atoms with Gasteiger partial charge >= 0.3 is 5.97 Å². The summed E-state index contributed by atoms with van der Waals surface area (Å²) in [4.78, 5) is 11.1. The second-order valence-corrected chi connectivity index (χ2v) is 7.27. The number of carbonyl (C=O) groups excluding carboxylic acids is 1. The van der Waals surface area contributed by atoms with Crippen LogP contribution in [0.3, 0.4) is 0 Å². The zero-order valence-corrected chi connectivity index (χ0v) is 16.0. The van der Waals surface area contributed by atoms with E-state index < -0.39 is 0 Å². The largest absolute Gasteiger partial charge is 0.469 e. The SMILES string of the molecule is COC(=O)CCC1=CSC(C(N)CC(CI)CI)N1. The van der Waals surface area contributed by atoms with Crippen molar-refractivity contribution in [3.05, 3.63) is 11.1 Å². The quantitative estimate of drug-likeness (QED) is 0.299. The molecule has 2 unspecified atom stereocenters. The van der Waals surface area contributed by atoms with Crippen LogP contribution in [-0.2, 0) is 9.53 Å². The van der Waals surface area contributed by atoms with E-state index in [0.29, 0.717) is 18.8 Å². The number of nitrogens with one attached hydrogen (secondary N) is 1. The van der Waals surface area contributed by atoms with E-state index in [2.05, 4.69) is 60.6 Å². The summed E-state index contributed by atoms with van der Waals surface area (Å²) in [6.07, 6.45) is 2.15. The number of rotatable bonds is 8. The first kappa shape index (κ1) is 17.8. The highest BCUT2D eigenvalue weighted by Crippen LogP contribution is 2.27. The number of methoxy groups -OCH3 is 1. The lowest BCUT2D eigenvalue weighted by Gasteiger charge is -2.23. The molecule has 0 aromatic heterocycles. The number of alkyl halides is 2. The van der Waals surface area contributed by atoms with Crippen molar-refractivity contribution in [2.45, 2.75) is 30.7 Å². The lowest BCUT2D eigenvalue weighted by atomic mass is 10.0. The Kier molecular flexibility index (Phi) is 9.07. The van der Waals surface area contributed by atoms with Crippen molar-refractivity contribution in [2.75, 3.05) is 16.0 Å². The van der Waals surface area contributed by atoms with E-state index in [1.165, 1.54) is 7.11 Å². The lowest BCUT2D eigenvalue weighted by molar-refractivity contribution is -0.140. The lowest BCUT2D eigenvalue weighted by Crippen LogP contribution is -2.41. The Labute approximate surface area is 146 Å². The van der Waals surface area contributed by atoms with E-state index in [1.54, 1.807) is 11.8 Å². The smallest absolute Gasteiger partial charge is 0.305 e. The molecule has 3 N–H and O–H groups in total. The van der Waals surface area contributed by atoms with E-state index in [0.717, 1.165) is 21.0 Å². The van der Waals surface area contributed by atoms with Crippen LogP contribution in [0.5, 0.6) is 0 Å². The third kappa shape index (κ3) is 6.38. The first-order valence-corrected chi connectivity index (χ1v) is 10.2. The molecular formula is C12H20I2N2O2S. The van der Waals surface area contributed by atoms with Crippen LogP contribution in [0.25, 0.3) is 0 Å². The highest BCUT2D eigenvalue weighted by molar-refractivity contribution is 14.1. The molecule has 0 bridgehead atoms. The molecule has 2 atom stereocenters. The zero-order valence-electron chi connectivity index (χ0n) is 10.9. The van der Waals surface area contributed by atoms with Gasteiger partial charge in [0.2, 0.25) is 0 Å². The van der Waals surface area contributed by atoms with Crippen LogP contribution in [0.1, 0.15) is 19.3 Å². The Hall–Kier alpha value is 0.780. The Morgan fingerprint density at radius 3 is 2.84 bits per heavy atom.